The van der Waals surface area contributed by atoms with E-state index in [0.717, 1.165) is 50.1 Å². The van der Waals surface area contributed by atoms with Crippen LogP contribution < -0.4 is 10.6 Å². The van der Waals surface area contributed by atoms with Crippen LogP contribution in [0.4, 0.5) is 10.1 Å². The van der Waals surface area contributed by atoms with Crippen LogP contribution in [0.5, 0.6) is 0 Å². The molecule has 2 aliphatic rings. The highest BCUT2D eigenvalue weighted by Gasteiger charge is 2.26. The van der Waals surface area contributed by atoms with Crippen LogP contribution >= 0.6 is 0 Å². The highest BCUT2D eigenvalue weighted by Crippen LogP contribution is 2.26. The first-order valence-corrected chi connectivity index (χ1v) is 9.79. The van der Waals surface area contributed by atoms with Gasteiger partial charge in [0.1, 0.15) is 5.82 Å². The summed E-state index contributed by atoms with van der Waals surface area (Å²) in [6, 6.07) is 14.0. The van der Waals surface area contributed by atoms with E-state index in [4.69, 9.17) is 0 Å². The first-order chi connectivity index (χ1) is 13.2. The van der Waals surface area contributed by atoms with Gasteiger partial charge in [0.25, 0.3) is 0 Å². The third-order valence-corrected chi connectivity index (χ3v) is 5.67. The summed E-state index contributed by atoms with van der Waals surface area (Å²) in [5.74, 6) is -0.361. The summed E-state index contributed by atoms with van der Waals surface area (Å²) in [7, 11) is 0. The van der Waals surface area contributed by atoms with Gasteiger partial charge in [-0.05, 0) is 61.7 Å². The van der Waals surface area contributed by atoms with E-state index in [1.807, 2.05) is 12.1 Å². The van der Waals surface area contributed by atoms with Gasteiger partial charge in [0.2, 0.25) is 5.91 Å². The second-order valence-electron chi connectivity index (χ2n) is 7.52. The van der Waals surface area contributed by atoms with Crippen LogP contribution in [0.3, 0.4) is 0 Å². The summed E-state index contributed by atoms with van der Waals surface area (Å²) in [5, 5.41) is 6.08. The quantitative estimate of drug-likeness (QED) is 0.871. The summed E-state index contributed by atoms with van der Waals surface area (Å²) in [6.07, 6.45) is 2.30. The molecule has 0 atom stereocenters. The van der Waals surface area contributed by atoms with Crippen molar-refractivity contribution in [2.24, 2.45) is 5.92 Å². The lowest BCUT2D eigenvalue weighted by molar-refractivity contribution is -0.121. The van der Waals surface area contributed by atoms with Gasteiger partial charge in [-0.1, -0.05) is 36.4 Å². The fourth-order valence-corrected chi connectivity index (χ4v) is 4.06. The Morgan fingerprint density at radius 2 is 1.93 bits per heavy atom. The van der Waals surface area contributed by atoms with Gasteiger partial charge in [-0.2, -0.15) is 0 Å². The van der Waals surface area contributed by atoms with E-state index < -0.39 is 0 Å². The number of piperidine rings is 1. The number of rotatable bonds is 4. The Bertz CT molecular complexity index is 801. The predicted octanol–water partition coefficient (Wildman–Crippen LogP) is 3.32. The Morgan fingerprint density at radius 1 is 1.15 bits per heavy atom. The molecule has 0 aliphatic carbocycles. The first-order valence-electron chi connectivity index (χ1n) is 9.79. The summed E-state index contributed by atoms with van der Waals surface area (Å²) in [4.78, 5) is 15.0. The van der Waals surface area contributed by atoms with Crippen molar-refractivity contribution in [2.45, 2.75) is 32.4 Å². The monoisotopic (exact) mass is 367 g/mol. The van der Waals surface area contributed by atoms with Crippen LogP contribution in [-0.2, 0) is 24.3 Å². The number of amides is 1. The van der Waals surface area contributed by atoms with Crippen LogP contribution in [0.1, 0.15) is 29.5 Å². The van der Waals surface area contributed by atoms with Crippen molar-refractivity contribution in [3.63, 3.8) is 0 Å². The van der Waals surface area contributed by atoms with Crippen LogP contribution in [0.15, 0.2) is 42.5 Å². The molecule has 4 rings (SSSR count). The second-order valence-corrected chi connectivity index (χ2v) is 7.52. The number of nitrogens with zero attached hydrogens (tertiary/aromatic N) is 1. The van der Waals surface area contributed by atoms with Crippen LogP contribution in [0.2, 0.25) is 0 Å². The van der Waals surface area contributed by atoms with Crippen molar-refractivity contribution >= 4 is 11.6 Å². The molecule has 1 saturated heterocycles. The molecule has 0 unspecified atom stereocenters. The van der Waals surface area contributed by atoms with E-state index in [1.54, 1.807) is 6.07 Å². The third-order valence-electron chi connectivity index (χ3n) is 5.67. The van der Waals surface area contributed by atoms with Gasteiger partial charge < -0.3 is 10.6 Å². The van der Waals surface area contributed by atoms with E-state index in [1.165, 1.54) is 5.56 Å². The van der Waals surface area contributed by atoms with Gasteiger partial charge in [-0.3, -0.25) is 9.69 Å². The Balaban J connectivity index is 1.33. The molecule has 0 spiro atoms. The molecule has 0 aromatic heterocycles. The topological polar surface area (TPSA) is 44.4 Å². The molecule has 0 bridgehead atoms. The Labute approximate surface area is 159 Å². The van der Waals surface area contributed by atoms with Crippen molar-refractivity contribution in [3.8, 4) is 0 Å². The van der Waals surface area contributed by atoms with E-state index in [9.17, 15) is 9.18 Å². The van der Waals surface area contributed by atoms with E-state index in [2.05, 4.69) is 39.8 Å². The number of nitrogens with one attached hydrogen (secondary N) is 2. The number of benzene rings is 2. The maximum absolute atomic E-state index is 14.7. The number of carbonyl (C=O) groups excluding carboxylic acids is 1. The van der Waals surface area contributed by atoms with Gasteiger partial charge in [0.05, 0.1) is 5.69 Å². The Kier molecular flexibility index (Phi) is 5.50. The number of anilines is 1. The molecule has 142 valence electrons. The maximum atomic E-state index is 14.7. The smallest absolute Gasteiger partial charge is 0.227 e. The van der Waals surface area contributed by atoms with Gasteiger partial charge in [-0.25, -0.2) is 4.39 Å². The highest BCUT2D eigenvalue weighted by molar-refractivity contribution is 5.92. The maximum Gasteiger partial charge on any atom is 0.227 e. The lowest BCUT2D eigenvalue weighted by atomic mass is 9.95. The molecule has 2 aromatic carbocycles. The van der Waals surface area contributed by atoms with E-state index in [0.29, 0.717) is 18.7 Å². The van der Waals surface area contributed by atoms with Crippen molar-refractivity contribution in [2.75, 3.05) is 25.0 Å². The molecule has 0 radical (unpaired) electrons. The zero-order valence-corrected chi connectivity index (χ0v) is 15.5. The number of halogens is 1. The molecule has 2 heterocycles. The van der Waals surface area contributed by atoms with Gasteiger partial charge in [0, 0.05) is 19.0 Å². The average molecular weight is 367 g/mol. The molecule has 5 heteroatoms. The van der Waals surface area contributed by atoms with Crippen molar-refractivity contribution < 1.29 is 9.18 Å². The summed E-state index contributed by atoms with van der Waals surface area (Å²) in [6.45, 7) is 4.18. The minimum absolute atomic E-state index is 0.0471. The zero-order valence-electron chi connectivity index (χ0n) is 15.5. The molecule has 1 amide bonds. The first kappa shape index (κ1) is 18.1. The summed E-state index contributed by atoms with van der Waals surface area (Å²) >= 11 is 0. The number of carbonyl (C=O) groups is 1. The number of likely N-dealkylation sites (tertiary alicyclic amines) is 1. The van der Waals surface area contributed by atoms with Crippen LogP contribution in [-0.4, -0.2) is 30.4 Å². The third kappa shape index (κ3) is 4.20. The molecule has 2 N–H and O–H groups in total. The van der Waals surface area contributed by atoms with Crippen LogP contribution in [0, 0.1) is 11.7 Å². The standard InChI is InChI=1S/C22H26FN3O/c23-21-19-8-11-24-14-18(19)6-7-20(21)25-22(27)17-9-12-26(13-10-17)15-16-4-2-1-3-5-16/h1-7,17,24H,8-15H2,(H,25,27). The molecule has 1 fully saturated rings. The Hall–Kier alpha value is -2.24. The fraction of sp³-hybridized carbons (Fsp3) is 0.409. The largest absolute Gasteiger partial charge is 0.323 e. The summed E-state index contributed by atoms with van der Waals surface area (Å²) < 4.78 is 14.7. The minimum atomic E-state index is -0.260. The SMILES string of the molecule is O=C(Nc1ccc2c(c1F)CCNC2)C1CCN(Cc2ccccc2)CC1. The number of fused-ring (bicyclic) bond motifs is 1. The van der Waals surface area contributed by atoms with E-state index >= 15 is 0 Å². The molecular formula is C22H26FN3O. The molecule has 2 aromatic rings. The zero-order chi connectivity index (χ0) is 18.6. The van der Waals surface area contributed by atoms with Crippen molar-refractivity contribution in [1.29, 1.82) is 0 Å². The predicted molar refractivity (Wildman–Crippen MR) is 105 cm³/mol. The fourth-order valence-electron chi connectivity index (χ4n) is 4.06. The minimum Gasteiger partial charge on any atom is -0.323 e. The highest BCUT2D eigenvalue weighted by atomic mass is 19.1. The molecular weight excluding hydrogens is 341 g/mol. The lowest BCUT2D eigenvalue weighted by Gasteiger charge is -2.31. The molecule has 27 heavy (non-hydrogen) atoms. The Morgan fingerprint density at radius 3 is 2.70 bits per heavy atom. The molecule has 4 nitrogen and oxygen atoms in total. The lowest BCUT2D eigenvalue weighted by Crippen LogP contribution is -2.38. The normalized spacial score (nSPS) is 18.1. The van der Waals surface area contributed by atoms with Gasteiger partial charge >= 0.3 is 0 Å². The van der Waals surface area contributed by atoms with Gasteiger partial charge in [-0.15, -0.1) is 0 Å². The van der Waals surface area contributed by atoms with Crippen molar-refractivity contribution in [3.05, 3.63) is 65.0 Å². The summed E-state index contributed by atoms with van der Waals surface area (Å²) in [5.41, 5.74) is 3.36. The van der Waals surface area contributed by atoms with Gasteiger partial charge in [0.15, 0.2) is 0 Å². The number of hydrogen-bond donors (Lipinski definition) is 2. The second kappa shape index (κ2) is 8.19. The molecule has 2 aliphatic heterocycles. The van der Waals surface area contributed by atoms with Crippen LogP contribution in [0.25, 0.3) is 0 Å². The number of hydrogen-bond acceptors (Lipinski definition) is 3. The van der Waals surface area contributed by atoms with Crippen molar-refractivity contribution in [1.82, 2.24) is 10.2 Å². The molecule has 0 saturated carbocycles. The average Bonchev–Trinajstić information content (AvgIpc) is 2.71. The van der Waals surface area contributed by atoms with E-state index in [-0.39, 0.29) is 17.6 Å².